The van der Waals surface area contributed by atoms with Crippen molar-refractivity contribution in [2.24, 2.45) is 0 Å². The van der Waals surface area contributed by atoms with E-state index in [4.69, 9.17) is 18.6 Å². The van der Waals surface area contributed by atoms with Crippen LogP contribution >= 0.6 is 0 Å². The van der Waals surface area contributed by atoms with E-state index in [0.717, 1.165) is 0 Å². The van der Waals surface area contributed by atoms with Crippen LogP contribution in [-0.2, 0) is 16.1 Å². The number of benzene rings is 1. The van der Waals surface area contributed by atoms with E-state index >= 15 is 0 Å². The van der Waals surface area contributed by atoms with Crippen LogP contribution in [0.5, 0.6) is 5.75 Å². The van der Waals surface area contributed by atoms with Crippen molar-refractivity contribution in [3.8, 4) is 5.75 Å². The van der Waals surface area contributed by atoms with Crippen molar-refractivity contribution in [3.05, 3.63) is 59.0 Å². The van der Waals surface area contributed by atoms with Crippen LogP contribution in [0.4, 0.5) is 0 Å². The average Bonchev–Trinajstić information content (AvgIpc) is 3.22. The first-order valence-electron chi connectivity index (χ1n) is 8.61. The number of hydrogen-bond donors (Lipinski definition) is 0. The van der Waals surface area contributed by atoms with Crippen LogP contribution in [0.3, 0.4) is 0 Å². The molecule has 0 amide bonds. The lowest BCUT2D eigenvalue weighted by Crippen LogP contribution is -2.39. The minimum Gasteiger partial charge on any atom is -0.618 e. The summed E-state index contributed by atoms with van der Waals surface area (Å²) in [6.07, 6.45) is 1.33. The molecule has 0 saturated heterocycles. The summed E-state index contributed by atoms with van der Waals surface area (Å²) >= 11 is 0. The fraction of sp³-hybridized carbons (Fsp3) is 0.263. The molecule has 2 heterocycles. The first-order valence-corrected chi connectivity index (χ1v) is 8.61. The molecule has 0 bridgehead atoms. The maximum Gasteiger partial charge on any atom is 0.407 e. The van der Waals surface area contributed by atoms with Gasteiger partial charge in [0.2, 0.25) is 11.3 Å². The molecule has 2 aromatic heterocycles. The first-order chi connectivity index (χ1) is 13.5. The quantitative estimate of drug-likeness (QED) is 0.345. The van der Waals surface area contributed by atoms with E-state index < -0.39 is 18.5 Å². The first kappa shape index (κ1) is 19.2. The predicted molar refractivity (Wildman–Crippen MR) is 95.7 cm³/mol. The smallest absolute Gasteiger partial charge is 0.407 e. The molecule has 9 nitrogen and oxygen atoms in total. The van der Waals surface area contributed by atoms with E-state index in [-0.39, 0.29) is 29.3 Å². The zero-order valence-corrected chi connectivity index (χ0v) is 15.3. The Labute approximate surface area is 160 Å². The molecule has 0 unspecified atom stereocenters. The maximum atomic E-state index is 12.9. The second-order valence-corrected chi connectivity index (χ2v) is 5.56. The standard InChI is InChI=1S/C19H18N2O7/c1-3-25-12-7-8-13-15(10-12)21(24)17(19(23)26-4-2)14(20-13)11-28-18(22)16-6-5-9-27-16/h5-10H,3-4,11H2,1-2H3. The normalized spacial score (nSPS) is 10.6. The molecule has 0 saturated carbocycles. The number of rotatable bonds is 7. The molecule has 0 fully saturated rings. The largest absolute Gasteiger partial charge is 0.618 e. The Morgan fingerprint density at radius 3 is 2.64 bits per heavy atom. The second-order valence-electron chi connectivity index (χ2n) is 5.56. The van der Waals surface area contributed by atoms with Crippen LogP contribution in [0, 0.1) is 5.21 Å². The number of ether oxygens (including phenoxy) is 3. The van der Waals surface area contributed by atoms with Crippen molar-refractivity contribution in [3.63, 3.8) is 0 Å². The lowest BCUT2D eigenvalue weighted by Gasteiger charge is -2.12. The van der Waals surface area contributed by atoms with Crippen LogP contribution in [-0.4, -0.2) is 30.1 Å². The van der Waals surface area contributed by atoms with Crippen molar-refractivity contribution < 1.29 is 32.9 Å². The zero-order valence-electron chi connectivity index (χ0n) is 15.3. The van der Waals surface area contributed by atoms with Gasteiger partial charge in [0.25, 0.3) is 0 Å². The molecule has 0 atom stereocenters. The highest BCUT2D eigenvalue weighted by atomic mass is 16.6. The SMILES string of the molecule is CCOC(=O)c1c(COC(=O)c2ccco2)nc2ccc(OCC)cc2[n+]1[O-]. The second kappa shape index (κ2) is 8.38. The molecule has 1 aromatic carbocycles. The summed E-state index contributed by atoms with van der Waals surface area (Å²) in [7, 11) is 0. The van der Waals surface area contributed by atoms with Gasteiger partial charge in [-0.1, -0.05) is 0 Å². The van der Waals surface area contributed by atoms with Crippen LogP contribution < -0.4 is 9.47 Å². The third-order valence-electron chi connectivity index (χ3n) is 3.74. The molecule has 0 radical (unpaired) electrons. The van der Waals surface area contributed by atoms with Gasteiger partial charge in [0.05, 0.1) is 25.5 Å². The van der Waals surface area contributed by atoms with E-state index in [1.54, 1.807) is 19.1 Å². The monoisotopic (exact) mass is 386 g/mol. The fourth-order valence-corrected chi connectivity index (χ4v) is 2.55. The van der Waals surface area contributed by atoms with Crippen LogP contribution in [0.25, 0.3) is 11.0 Å². The number of hydrogen-bond acceptors (Lipinski definition) is 8. The van der Waals surface area contributed by atoms with Crippen molar-refractivity contribution >= 4 is 23.0 Å². The predicted octanol–water partition coefficient (Wildman–Crippen LogP) is 2.39. The third-order valence-corrected chi connectivity index (χ3v) is 3.74. The summed E-state index contributed by atoms with van der Waals surface area (Å²) in [5.74, 6) is -1.15. The topological polar surface area (TPSA) is 115 Å². The molecule has 146 valence electrons. The zero-order chi connectivity index (χ0) is 20.1. The van der Waals surface area contributed by atoms with Gasteiger partial charge in [-0.15, -0.1) is 0 Å². The molecule has 0 aliphatic carbocycles. The van der Waals surface area contributed by atoms with Crippen molar-refractivity contribution in [1.82, 2.24) is 4.98 Å². The average molecular weight is 386 g/mol. The highest BCUT2D eigenvalue weighted by molar-refractivity contribution is 5.89. The van der Waals surface area contributed by atoms with Gasteiger partial charge in [-0.25, -0.2) is 14.6 Å². The highest BCUT2D eigenvalue weighted by Crippen LogP contribution is 2.20. The van der Waals surface area contributed by atoms with Crippen LogP contribution in [0.2, 0.25) is 0 Å². The summed E-state index contributed by atoms with van der Waals surface area (Å²) in [5.41, 5.74) is 0.0749. The number of carbonyl (C=O) groups excluding carboxylic acids is 2. The van der Waals surface area contributed by atoms with Crippen molar-refractivity contribution in [2.75, 3.05) is 13.2 Å². The number of carbonyl (C=O) groups is 2. The Bertz CT molecular complexity index is 999. The third kappa shape index (κ3) is 3.88. The minimum atomic E-state index is -0.863. The van der Waals surface area contributed by atoms with Crippen molar-refractivity contribution in [1.29, 1.82) is 0 Å². The molecule has 0 aliphatic heterocycles. The van der Waals surface area contributed by atoms with E-state index in [2.05, 4.69) is 4.98 Å². The van der Waals surface area contributed by atoms with Gasteiger partial charge in [0.15, 0.2) is 5.69 Å². The summed E-state index contributed by atoms with van der Waals surface area (Å²) in [6, 6.07) is 7.70. The number of nitrogens with zero attached hydrogens (tertiary/aromatic N) is 2. The Hall–Kier alpha value is -3.62. The minimum absolute atomic E-state index is 0.00479. The molecule has 0 spiro atoms. The van der Waals surface area contributed by atoms with Gasteiger partial charge >= 0.3 is 17.6 Å². The number of furan rings is 1. The van der Waals surface area contributed by atoms with Gasteiger partial charge in [-0.3, -0.25) is 0 Å². The Balaban J connectivity index is 2.01. The summed E-state index contributed by atoms with van der Waals surface area (Å²) in [5, 5.41) is 12.9. The van der Waals surface area contributed by atoms with E-state index in [9.17, 15) is 14.8 Å². The summed E-state index contributed by atoms with van der Waals surface area (Å²) in [4.78, 5) is 28.6. The molecular weight excluding hydrogens is 368 g/mol. The summed E-state index contributed by atoms with van der Waals surface area (Å²) < 4.78 is 20.9. The van der Waals surface area contributed by atoms with Gasteiger partial charge in [-0.2, -0.15) is 4.73 Å². The van der Waals surface area contributed by atoms with Gasteiger partial charge in [0.1, 0.15) is 17.9 Å². The molecule has 9 heteroatoms. The lowest BCUT2D eigenvalue weighted by molar-refractivity contribution is -0.581. The molecule has 3 rings (SSSR count). The Morgan fingerprint density at radius 1 is 1.14 bits per heavy atom. The van der Waals surface area contributed by atoms with Gasteiger partial charge < -0.3 is 23.8 Å². The maximum absolute atomic E-state index is 12.9. The molecule has 3 aromatic rings. The van der Waals surface area contributed by atoms with Gasteiger partial charge in [-0.05, 0) is 38.1 Å². The highest BCUT2D eigenvalue weighted by Gasteiger charge is 2.29. The number of esters is 2. The Kier molecular flexibility index (Phi) is 5.73. The Morgan fingerprint density at radius 2 is 1.96 bits per heavy atom. The summed E-state index contributed by atoms with van der Waals surface area (Å²) in [6.45, 7) is 3.52. The lowest BCUT2D eigenvalue weighted by atomic mass is 10.2. The van der Waals surface area contributed by atoms with Crippen LogP contribution in [0.15, 0.2) is 41.0 Å². The molecule has 0 aliphatic rings. The van der Waals surface area contributed by atoms with E-state index in [1.165, 1.54) is 24.5 Å². The van der Waals surface area contributed by atoms with E-state index in [1.807, 2.05) is 6.92 Å². The molecular formula is C19H18N2O7. The molecule has 0 N–H and O–H groups in total. The van der Waals surface area contributed by atoms with Gasteiger partial charge in [0, 0.05) is 0 Å². The van der Waals surface area contributed by atoms with Crippen molar-refractivity contribution in [2.45, 2.75) is 20.5 Å². The number of aromatic nitrogens is 2. The fourth-order valence-electron chi connectivity index (χ4n) is 2.55. The van der Waals surface area contributed by atoms with Crippen LogP contribution in [0.1, 0.15) is 40.6 Å². The molecule has 28 heavy (non-hydrogen) atoms. The van der Waals surface area contributed by atoms with E-state index in [0.29, 0.717) is 22.6 Å². The number of fused-ring (bicyclic) bond motifs is 1.